The Hall–Kier alpha value is -7.66. The Morgan fingerprint density at radius 1 is 0.571 bits per heavy atom. The van der Waals surface area contributed by atoms with Gasteiger partial charge in [0.15, 0.2) is 0 Å². The van der Waals surface area contributed by atoms with E-state index in [0.29, 0.717) is 23.3 Å². The Bertz CT molecular complexity index is 4180. The second-order valence-corrected chi connectivity index (χ2v) is 28.4. The number of rotatable bonds is 30. The highest BCUT2D eigenvalue weighted by molar-refractivity contribution is 7.26. The largest absolute Gasteiger partial charge is 0.494 e. The molecule has 1 aliphatic carbocycles. The van der Waals surface area contributed by atoms with Crippen molar-refractivity contribution in [2.75, 3.05) is 18.1 Å². The van der Waals surface area contributed by atoms with Crippen LogP contribution in [-0.2, 0) is 10.2 Å². The van der Waals surface area contributed by atoms with Gasteiger partial charge in [0.05, 0.1) is 24.9 Å². The Kier molecular flexibility index (Phi) is 21.2. The second kappa shape index (κ2) is 29.7. The van der Waals surface area contributed by atoms with Crippen molar-refractivity contribution in [2.24, 2.45) is 11.8 Å². The van der Waals surface area contributed by atoms with Crippen LogP contribution in [0.3, 0.4) is 0 Å². The Morgan fingerprint density at radius 3 is 1.64 bits per heavy atom. The lowest BCUT2D eigenvalue weighted by Gasteiger charge is -2.37. The van der Waals surface area contributed by atoms with Gasteiger partial charge < -0.3 is 19.5 Å². The van der Waals surface area contributed by atoms with Crippen LogP contribution in [0.25, 0.3) is 80.4 Å². The molecule has 8 nitrogen and oxygen atoms in total. The molecule has 0 saturated heterocycles. The molecule has 11 rings (SSSR count). The van der Waals surface area contributed by atoms with Crippen molar-refractivity contribution in [2.45, 2.75) is 151 Å². The molecule has 0 radical (unpaired) electrons. The number of carboxylic acids is 1. The number of carboxylic acid groups (broad SMARTS) is 1. The first-order valence-corrected chi connectivity index (χ1v) is 36.2. The van der Waals surface area contributed by atoms with Gasteiger partial charge >= 0.3 is 5.97 Å². The van der Waals surface area contributed by atoms with Gasteiger partial charge in [-0.3, -0.25) is 0 Å². The minimum Gasteiger partial charge on any atom is -0.494 e. The van der Waals surface area contributed by atoms with E-state index < -0.39 is 5.97 Å². The predicted octanol–water partition coefficient (Wildman–Crippen LogP) is 24.1. The van der Waals surface area contributed by atoms with Crippen molar-refractivity contribution in [3.05, 3.63) is 178 Å². The van der Waals surface area contributed by atoms with Gasteiger partial charge in [-0.1, -0.05) is 172 Å². The number of thiophene rings is 3. The van der Waals surface area contributed by atoms with Crippen LogP contribution in [0.2, 0.25) is 0 Å². The van der Waals surface area contributed by atoms with Crippen LogP contribution in [0.4, 0.5) is 17.1 Å². The average Bonchev–Trinajstić information content (AvgIpc) is 1.54. The molecular weight excluding hydrogens is 1200 g/mol. The van der Waals surface area contributed by atoms with Gasteiger partial charge in [0.25, 0.3) is 0 Å². The van der Waals surface area contributed by atoms with Crippen molar-refractivity contribution in [3.63, 3.8) is 0 Å². The number of nitrogens with zero attached hydrogens (tertiary/aromatic N) is 4. The molecule has 2 atom stereocenters. The van der Waals surface area contributed by atoms with E-state index in [4.69, 9.17) is 18.2 Å². The van der Waals surface area contributed by atoms with Crippen LogP contribution in [0.1, 0.15) is 159 Å². The van der Waals surface area contributed by atoms with Crippen molar-refractivity contribution in [3.8, 4) is 80.9 Å². The lowest BCUT2D eigenvalue weighted by molar-refractivity contribution is -0.132. The van der Waals surface area contributed by atoms with Crippen molar-refractivity contribution in [1.29, 1.82) is 5.26 Å². The molecule has 0 bridgehead atoms. The quantitative estimate of drug-likeness (QED) is 0.0269. The number of fused-ring (bicyclic) bond motifs is 4. The summed E-state index contributed by atoms with van der Waals surface area (Å²) in [5.41, 5.74) is 17.7. The number of nitriles is 1. The Morgan fingerprint density at radius 2 is 1.09 bits per heavy atom. The summed E-state index contributed by atoms with van der Waals surface area (Å²) < 4.78 is 22.4. The van der Waals surface area contributed by atoms with Crippen molar-refractivity contribution < 1.29 is 19.4 Å². The van der Waals surface area contributed by atoms with Crippen LogP contribution in [0.5, 0.6) is 11.5 Å². The number of aryl methyl sites for hydroxylation is 2. The number of hydrogen-bond donors (Lipinski definition) is 1. The van der Waals surface area contributed by atoms with Crippen LogP contribution >= 0.6 is 45.7 Å². The summed E-state index contributed by atoms with van der Waals surface area (Å²) in [4.78, 5) is 21.1. The summed E-state index contributed by atoms with van der Waals surface area (Å²) in [6.07, 6.45) is 17.5. The fraction of sp³-hybridized carbons (Fsp3) is 0.342. The standard InChI is InChI=1S/C79H84N4O4S4/c1-9-15-19-53(13-5)48-79(49-54(14-6)20-16-10-2)68-46-72(89-76(68)77-69(79)47-73(90-77)67-39-38-66(74-75(67)82-91-81-74)71-40-35-63(88-71)45-58(50-80)78(84)85)57-26-32-61(33-27-57)83(59-28-22-55(23-29-59)64-37-34-62(44-52(64)8)86-41-17-11-3)60-30-24-56(25-31-60)65-36-21-51(7)43-70(65)87-42-18-12-4/h21-40,43-47,53-54H,9-20,41-42,48-49H2,1-8H3,(H,84,85)/b58-45+. The first-order chi connectivity index (χ1) is 44.4. The molecule has 0 amide bonds. The lowest BCUT2D eigenvalue weighted by Crippen LogP contribution is -2.31. The topological polar surface area (TPSA) is 109 Å². The lowest BCUT2D eigenvalue weighted by atomic mass is 9.65. The van der Waals surface area contributed by atoms with Crippen LogP contribution < -0.4 is 14.4 Å². The fourth-order valence-electron chi connectivity index (χ4n) is 13.3. The molecule has 0 spiro atoms. The highest BCUT2D eigenvalue weighted by Crippen LogP contribution is 2.63. The zero-order valence-corrected chi connectivity index (χ0v) is 57.3. The zero-order chi connectivity index (χ0) is 63.6. The monoisotopic (exact) mass is 1280 g/mol. The van der Waals surface area contributed by atoms with E-state index in [-0.39, 0.29) is 11.0 Å². The number of unbranched alkanes of at least 4 members (excludes halogenated alkanes) is 4. The Balaban J connectivity index is 0.992. The molecular formula is C79H84N4O4S4. The maximum atomic E-state index is 11.7. The second-order valence-electron chi connectivity index (χ2n) is 24.7. The highest BCUT2D eigenvalue weighted by atomic mass is 32.1. The van der Waals surface area contributed by atoms with Gasteiger partial charge in [-0.05, 0) is 181 Å². The molecule has 4 aromatic heterocycles. The van der Waals surface area contributed by atoms with E-state index in [2.05, 4.69) is 194 Å². The number of ether oxygens (including phenoxy) is 2. The first-order valence-electron chi connectivity index (χ1n) is 33.0. The maximum absolute atomic E-state index is 11.7. The number of benzene rings is 6. The van der Waals surface area contributed by atoms with Gasteiger partial charge in [0.1, 0.15) is 34.2 Å². The number of carbonyl (C=O) groups is 1. The summed E-state index contributed by atoms with van der Waals surface area (Å²) in [7, 11) is 0. The normalized spacial score (nSPS) is 14.3. The smallest absolute Gasteiger partial charge is 0.346 e. The molecule has 468 valence electrons. The van der Waals surface area contributed by atoms with Gasteiger partial charge in [-0.15, -0.1) is 34.0 Å². The third-order valence-electron chi connectivity index (χ3n) is 18.4. The zero-order valence-electron chi connectivity index (χ0n) is 54.0. The molecule has 4 heterocycles. The molecule has 0 fully saturated rings. The van der Waals surface area contributed by atoms with Gasteiger partial charge in [0.2, 0.25) is 0 Å². The summed E-state index contributed by atoms with van der Waals surface area (Å²) in [5.74, 6) is 1.77. The summed E-state index contributed by atoms with van der Waals surface area (Å²) >= 11 is 6.56. The third-order valence-corrected chi connectivity index (χ3v) is 22.5. The molecule has 1 aliphatic rings. The molecule has 2 unspecified atom stereocenters. The van der Waals surface area contributed by atoms with Gasteiger partial charge in [-0.2, -0.15) is 14.0 Å². The van der Waals surface area contributed by atoms with E-state index in [1.807, 2.05) is 40.9 Å². The molecule has 1 N–H and O–H groups in total. The Labute approximate surface area is 555 Å². The maximum Gasteiger partial charge on any atom is 0.346 e. The minimum atomic E-state index is -1.24. The molecule has 10 aromatic rings. The van der Waals surface area contributed by atoms with E-state index >= 15 is 0 Å². The van der Waals surface area contributed by atoms with Crippen LogP contribution in [-0.4, -0.2) is 33.0 Å². The number of anilines is 3. The molecule has 12 heteroatoms. The van der Waals surface area contributed by atoms with E-state index in [1.165, 1.54) is 121 Å². The molecule has 0 saturated carbocycles. The average molecular weight is 1280 g/mol. The van der Waals surface area contributed by atoms with Crippen LogP contribution in [0.15, 0.2) is 151 Å². The van der Waals surface area contributed by atoms with Crippen LogP contribution in [0, 0.1) is 37.0 Å². The predicted molar refractivity (Wildman–Crippen MR) is 386 cm³/mol. The van der Waals surface area contributed by atoms with E-state index in [1.54, 1.807) is 0 Å². The number of aliphatic carboxylic acids is 1. The SMILES string of the molecule is CCCCOc1ccc(-c2ccc(N(c3ccc(-c4cc5c(s4)-c4sc(-c6ccc(-c7ccc(/C=C(\C#N)C(=O)O)s7)c7nsnc67)cc4C5(CC(CC)CCCC)CC(CC)CCCC)cc3)c3ccc(-c4ccc(C)cc4OCCCC)cc3)cc2)c(C)c1. The van der Waals surface area contributed by atoms with Crippen molar-refractivity contribution in [1.82, 2.24) is 8.75 Å². The fourth-order valence-corrected chi connectivity index (χ4v) is 17.5. The highest BCUT2D eigenvalue weighted by Gasteiger charge is 2.48. The van der Waals surface area contributed by atoms with Crippen molar-refractivity contribution >= 4 is 85.9 Å². The summed E-state index contributed by atoms with van der Waals surface area (Å²) in [5, 5.41) is 19.1. The number of hydrogen-bond acceptors (Lipinski definition) is 11. The van der Waals surface area contributed by atoms with E-state index in [9.17, 15) is 15.2 Å². The summed E-state index contributed by atoms with van der Waals surface area (Å²) in [6, 6.07) is 55.5. The molecule has 0 aliphatic heterocycles. The minimum absolute atomic E-state index is 0.158. The van der Waals surface area contributed by atoms with Gasteiger partial charge in [0, 0.05) is 68.4 Å². The van der Waals surface area contributed by atoms with E-state index in [0.717, 1.165) is 130 Å². The molecule has 6 aromatic carbocycles. The molecule has 91 heavy (non-hydrogen) atoms. The summed E-state index contributed by atoms with van der Waals surface area (Å²) in [6.45, 7) is 19.6. The van der Waals surface area contributed by atoms with Gasteiger partial charge in [-0.25, -0.2) is 4.79 Å². The third kappa shape index (κ3) is 14.1. The number of aromatic nitrogens is 2. The first kappa shape index (κ1) is 64.9.